The summed E-state index contributed by atoms with van der Waals surface area (Å²) < 4.78 is 16.1. The van der Waals surface area contributed by atoms with E-state index in [0.717, 1.165) is 5.56 Å². The number of amides is 1. The van der Waals surface area contributed by atoms with Crippen molar-refractivity contribution >= 4 is 17.5 Å². The maximum absolute atomic E-state index is 14.5. The van der Waals surface area contributed by atoms with E-state index in [9.17, 15) is 14.3 Å². The van der Waals surface area contributed by atoms with Crippen LogP contribution < -0.4 is 5.73 Å². The molecule has 0 aliphatic heterocycles. The Bertz CT molecular complexity index is 1050. The van der Waals surface area contributed by atoms with Gasteiger partial charge in [0.15, 0.2) is 5.82 Å². The fraction of sp³-hybridized carbons (Fsp3) is 0.318. The number of aromatic nitrogens is 3. The molecule has 3 rings (SSSR count). The Kier molecular flexibility index (Phi) is 6.24. The lowest BCUT2D eigenvalue weighted by Gasteiger charge is -2.32. The number of rotatable bonds is 7. The number of carbonyl (C=O) groups is 1. The summed E-state index contributed by atoms with van der Waals surface area (Å²) in [4.78, 5) is 16.6. The predicted octanol–water partition coefficient (Wildman–Crippen LogP) is 3.76. The van der Waals surface area contributed by atoms with Crippen LogP contribution in [-0.2, 0) is 11.3 Å². The van der Waals surface area contributed by atoms with Gasteiger partial charge in [-0.2, -0.15) is 5.10 Å². The van der Waals surface area contributed by atoms with Crippen molar-refractivity contribution in [3.8, 4) is 11.4 Å². The van der Waals surface area contributed by atoms with Crippen LogP contribution >= 0.6 is 11.6 Å². The third kappa shape index (κ3) is 4.37. The average Bonchev–Trinajstić information content (AvgIpc) is 3.06. The van der Waals surface area contributed by atoms with E-state index >= 15 is 0 Å². The molecule has 0 bridgehead atoms. The minimum Gasteiger partial charge on any atom is -0.380 e. The second-order valence-corrected chi connectivity index (χ2v) is 8.23. The van der Waals surface area contributed by atoms with Crippen LogP contribution in [0.4, 0.5) is 4.39 Å². The smallest absolute Gasteiger partial charge is 0.249 e. The Morgan fingerprint density at radius 3 is 2.53 bits per heavy atom. The molecule has 158 valence electrons. The Morgan fingerprint density at radius 2 is 1.93 bits per heavy atom. The second-order valence-electron chi connectivity index (χ2n) is 7.79. The Labute approximate surface area is 179 Å². The lowest BCUT2D eigenvalue weighted by molar-refractivity contribution is -0.138. The SMILES string of the molecule is CC(C)[C@H](c1nc(-c2cc(Cl)ccc2F)nn1Cc1ccccc1)C(C)(O)C(N)=O. The standard InChI is InChI=1S/C22H24ClFN4O2/c1-13(2)18(22(3,30)21(25)29)20-26-19(16-11-15(23)9-10-17(16)24)27-28(20)12-14-7-5-4-6-8-14/h4-11,13,18,30H,12H2,1-3H3,(H2,25,29)/t18-,22?/m1/s1. The van der Waals surface area contributed by atoms with Crippen molar-refractivity contribution in [3.63, 3.8) is 0 Å². The lowest BCUT2D eigenvalue weighted by Crippen LogP contribution is -2.48. The molecule has 3 N–H and O–H groups in total. The molecule has 1 heterocycles. The first-order valence-electron chi connectivity index (χ1n) is 9.57. The van der Waals surface area contributed by atoms with Gasteiger partial charge in [-0.1, -0.05) is 55.8 Å². The first-order chi connectivity index (χ1) is 14.1. The van der Waals surface area contributed by atoms with E-state index in [1.54, 1.807) is 4.68 Å². The van der Waals surface area contributed by atoms with Crippen molar-refractivity contribution in [1.29, 1.82) is 0 Å². The van der Waals surface area contributed by atoms with Crippen LogP contribution in [0, 0.1) is 11.7 Å². The Hall–Kier alpha value is -2.77. The molecule has 0 fully saturated rings. The number of hydrogen-bond acceptors (Lipinski definition) is 4. The van der Waals surface area contributed by atoms with Crippen LogP contribution in [0.15, 0.2) is 48.5 Å². The zero-order valence-electron chi connectivity index (χ0n) is 17.0. The summed E-state index contributed by atoms with van der Waals surface area (Å²) in [5.41, 5.74) is 4.68. The summed E-state index contributed by atoms with van der Waals surface area (Å²) in [5, 5.41) is 15.7. The molecule has 8 heteroatoms. The molecular formula is C22H24ClFN4O2. The Balaban J connectivity index is 2.19. The molecule has 2 atom stereocenters. The summed E-state index contributed by atoms with van der Waals surface area (Å²) in [7, 11) is 0. The molecule has 0 spiro atoms. The molecular weight excluding hydrogens is 407 g/mol. The van der Waals surface area contributed by atoms with E-state index in [1.165, 1.54) is 25.1 Å². The molecule has 0 radical (unpaired) electrons. The lowest BCUT2D eigenvalue weighted by atomic mass is 9.79. The third-order valence-electron chi connectivity index (χ3n) is 5.09. The molecule has 0 saturated carbocycles. The van der Waals surface area contributed by atoms with Gasteiger partial charge in [-0.15, -0.1) is 0 Å². The van der Waals surface area contributed by atoms with E-state index in [4.69, 9.17) is 17.3 Å². The number of halogens is 2. The van der Waals surface area contributed by atoms with Crippen LogP contribution in [0.3, 0.4) is 0 Å². The third-order valence-corrected chi connectivity index (χ3v) is 5.33. The highest BCUT2D eigenvalue weighted by molar-refractivity contribution is 6.30. The van der Waals surface area contributed by atoms with Crippen molar-refractivity contribution in [2.45, 2.75) is 38.8 Å². The number of aliphatic hydroxyl groups is 1. The van der Waals surface area contributed by atoms with Crippen molar-refractivity contribution < 1.29 is 14.3 Å². The van der Waals surface area contributed by atoms with Crippen LogP contribution in [0.2, 0.25) is 5.02 Å². The van der Waals surface area contributed by atoms with E-state index < -0.39 is 23.2 Å². The number of hydrogen-bond donors (Lipinski definition) is 2. The number of benzene rings is 2. The number of nitrogens with two attached hydrogens (primary N) is 1. The van der Waals surface area contributed by atoms with Crippen LogP contribution in [0.25, 0.3) is 11.4 Å². The minimum absolute atomic E-state index is 0.117. The fourth-order valence-corrected chi connectivity index (χ4v) is 3.76. The molecule has 3 aromatic rings. The molecule has 1 unspecified atom stereocenters. The minimum atomic E-state index is -1.88. The van der Waals surface area contributed by atoms with Crippen molar-refractivity contribution in [2.75, 3.05) is 0 Å². The van der Waals surface area contributed by atoms with E-state index in [2.05, 4.69) is 10.1 Å². The summed E-state index contributed by atoms with van der Waals surface area (Å²) >= 11 is 6.04. The van der Waals surface area contributed by atoms with Crippen LogP contribution in [0.5, 0.6) is 0 Å². The molecule has 0 aliphatic carbocycles. The van der Waals surface area contributed by atoms with Crippen LogP contribution in [-0.4, -0.2) is 31.4 Å². The molecule has 6 nitrogen and oxygen atoms in total. The number of nitrogens with zero attached hydrogens (tertiary/aromatic N) is 3. The zero-order valence-corrected chi connectivity index (χ0v) is 17.8. The van der Waals surface area contributed by atoms with Crippen molar-refractivity contribution in [2.24, 2.45) is 11.7 Å². The largest absolute Gasteiger partial charge is 0.380 e. The van der Waals surface area contributed by atoms with E-state index in [1.807, 2.05) is 44.2 Å². The summed E-state index contributed by atoms with van der Waals surface area (Å²) in [5.74, 6) is -1.90. The first-order valence-corrected chi connectivity index (χ1v) is 9.95. The van der Waals surface area contributed by atoms with Gasteiger partial charge in [0.2, 0.25) is 5.91 Å². The quantitative estimate of drug-likeness (QED) is 0.596. The average molecular weight is 431 g/mol. The van der Waals surface area contributed by atoms with Gasteiger partial charge in [0, 0.05) is 5.02 Å². The molecule has 0 aliphatic rings. The highest BCUT2D eigenvalue weighted by Crippen LogP contribution is 2.36. The van der Waals surface area contributed by atoms with Gasteiger partial charge in [-0.25, -0.2) is 14.1 Å². The normalized spacial score (nSPS) is 14.5. The number of carbonyl (C=O) groups excluding carboxylic acids is 1. The first kappa shape index (κ1) is 21.9. The summed E-state index contributed by atoms with van der Waals surface area (Å²) in [6, 6.07) is 13.6. The van der Waals surface area contributed by atoms with Gasteiger partial charge in [0.25, 0.3) is 0 Å². The maximum Gasteiger partial charge on any atom is 0.249 e. The monoisotopic (exact) mass is 430 g/mol. The van der Waals surface area contributed by atoms with Gasteiger partial charge in [0.1, 0.15) is 17.2 Å². The van der Waals surface area contributed by atoms with Crippen molar-refractivity contribution in [1.82, 2.24) is 14.8 Å². The molecule has 30 heavy (non-hydrogen) atoms. The summed E-state index contributed by atoms with van der Waals surface area (Å²) in [6.45, 7) is 5.39. The van der Waals surface area contributed by atoms with Crippen molar-refractivity contribution in [3.05, 3.63) is 70.8 Å². The fourth-order valence-electron chi connectivity index (χ4n) is 3.59. The van der Waals surface area contributed by atoms with Gasteiger partial charge >= 0.3 is 0 Å². The van der Waals surface area contributed by atoms with Crippen LogP contribution in [0.1, 0.15) is 38.1 Å². The highest BCUT2D eigenvalue weighted by atomic mass is 35.5. The molecule has 2 aromatic carbocycles. The van der Waals surface area contributed by atoms with E-state index in [0.29, 0.717) is 17.4 Å². The predicted molar refractivity (Wildman–Crippen MR) is 113 cm³/mol. The van der Waals surface area contributed by atoms with E-state index in [-0.39, 0.29) is 17.3 Å². The zero-order chi connectivity index (χ0) is 22.1. The van der Waals surface area contributed by atoms with Gasteiger partial charge < -0.3 is 10.8 Å². The number of primary amides is 1. The molecule has 0 saturated heterocycles. The molecule has 1 amide bonds. The van der Waals surface area contributed by atoms with Gasteiger partial charge in [-0.05, 0) is 36.6 Å². The maximum atomic E-state index is 14.5. The second kappa shape index (κ2) is 8.53. The summed E-state index contributed by atoms with van der Waals surface area (Å²) in [6.07, 6.45) is 0. The Morgan fingerprint density at radius 1 is 1.27 bits per heavy atom. The molecule has 1 aromatic heterocycles. The topological polar surface area (TPSA) is 94.0 Å². The van der Waals surface area contributed by atoms with Gasteiger partial charge in [0.05, 0.1) is 18.0 Å². The van der Waals surface area contributed by atoms with Gasteiger partial charge in [-0.3, -0.25) is 4.79 Å². The highest BCUT2D eigenvalue weighted by Gasteiger charge is 2.43.